The average Bonchev–Trinajstić information content (AvgIpc) is 2.43. The number of amides is 1. The summed E-state index contributed by atoms with van der Waals surface area (Å²) in [5.41, 5.74) is 0.720. The lowest BCUT2D eigenvalue weighted by molar-refractivity contribution is -0.0778. The maximum Gasteiger partial charge on any atom is 0.251 e. The number of morpholine rings is 1. The standard InChI is InChI=1S/C16H23IN2O2/c1-11(19-9-12(2)21-13(3)10-19)8-18-16(20)14-5-4-6-15(17)7-14/h4-7,11-13H,8-10H2,1-3H3,(H,18,20)/t11-,12-,13+/m0/s1. The van der Waals surface area contributed by atoms with Crippen molar-refractivity contribution in [1.29, 1.82) is 0 Å². The Hall–Kier alpha value is -0.660. The minimum Gasteiger partial charge on any atom is -0.373 e. The van der Waals surface area contributed by atoms with Crippen LogP contribution in [0.25, 0.3) is 0 Å². The molecule has 1 saturated heterocycles. The van der Waals surface area contributed by atoms with E-state index in [4.69, 9.17) is 4.74 Å². The first kappa shape index (κ1) is 16.7. The number of carbonyl (C=O) groups is 1. The Bertz CT molecular complexity index is 485. The Balaban J connectivity index is 1.86. The molecule has 0 radical (unpaired) electrons. The van der Waals surface area contributed by atoms with Gasteiger partial charge in [-0.3, -0.25) is 9.69 Å². The first-order chi connectivity index (χ1) is 9.95. The van der Waals surface area contributed by atoms with Crippen molar-refractivity contribution < 1.29 is 9.53 Å². The smallest absolute Gasteiger partial charge is 0.251 e. The molecule has 1 N–H and O–H groups in total. The number of nitrogens with one attached hydrogen (secondary N) is 1. The fraction of sp³-hybridized carbons (Fsp3) is 0.562. The van der Waals surface area contributed by atoms with Gasteiger partial charge in [-0.2, -0.15) is 0 Å². The van der Waals surface area contributed by atoms with Crippen molar-refractivity contribution >= 4 is 28.5 Å². The number of hydrogen-bond acceptors (Lipinski definition) is 3. The van der Waals surface area contributed by atoms with Gasteiger partial charge < -0.3 is 10.1 Å². The second-order valence-corrected chi connectivity index (χ2v) is 7.03. The van der Waals surface area contributed by atoms with E-state index in [-0.39, 0.29) is 18.1 Å². The van der Waals surface area contributed by atoms with Gasteiger partial charge in [-0.05, 0) is 61.6 Å². The Morgan fingerprint density at radius 2 is 2.10 bits per heavy atom. The molecule has 21 heavy (non-hydrogen) atoms. The van der Waals surface area contributed by atoms with Crippen LogP contribution in [0.4, 0.5) is 0 Å². The summed E-state index contributed by atoms with van der Waals surface area (Å²) >= 11 is 2.22. The van der Waals surface area contributed by atoms with Crippen molar-refractivity contribution in [3.8, 4) is 0 Å². The van der Waals surface area contributed by atoms with Crippen molar-refractivity contribution in [2.24, 2.45) is 0 Å². The second kappa shape index (κ2) is 7.56. The van der Waals surface area contributed by atoms with Gasteiger partial charge in [0.25, 0.3) is 5.91 Å². The van der Waals surface area contributed by atoms with Crippen LogP contribution in [0.15, 0.2) is 24.3 Å². The zero-order chi connectivity index (χ0) is 15.4. The van der Waals surface area contributed by atoms with Crippen LogP contribution in [0, 0.1) is 3.57 Å². The van der Waals surface area contributed by atoms with Gasteiger partial charge in [-0.15, -0.1) is 0 Å². The summed E-state index contributed by atoms with van der Waals surface area (Å²) in [6.45, 7) is 8.85. The second-order valence-electron chi connectivity index (χ2n) is 5.78. The first-order valence-electron chi connectivity index (χ1n) is 7.39. The molecule has 0 saturated carbocycles. The van der Waals surface area contributed by atoms with Gasteiger partial charge in [0, 0.05) is 34.8 Å². The molecule has 4 nitrogen and oxygen atoms in total. The van der Waals surface area contributed by atoms with E-state index < -0.39 is 0 Å². The van der Waals surface area contributed by atoms with Gasteiger partial charge in [0.15, 0.2) is 0 Å². The zero-order valence-electron chi connectivity index (χ0n) is 12.8. The Kier molecular flexibility index (Phi) is 6.01. The number of rotatable bonds is 4. The summed E-state index contributed by atoms with van der Waals surface area (Å²) in [6, 6.07) is 7.95. The summed E-state index contributed by atoms with van der Waals surface area (Å²) in [4.78, 5) is 14.5. The summed E-state index contributed by atoms with van der Waals surface area (Å²) in [5.74, 6) is -0.00489. The lowest BCUT2D eigenvalue weighted by Crippen LogP contribution is -2.52. The highest BCUT2D eigenvalue weighted by Crippen LogP contribution is 2.13. The number of halogens is 1. The van der Waals surface area contributed by atoms with Gasteiger partial charge in [-0.25, -0.2) is 0 Å². The first-order valence-corrected chi connectivity index (χ1v) is 8.47. The molecule has 5 heteroatoms. The van der Waals surface area contributed by atoms with E-state index in [9.17, 15) is 4.79 Å². The number of hydrogen-bond donors (Lipinski definition) is 1. The van der Waals surface area contributed by atoms with E-state index in [2.05, 4.69) is 53.6 Å². The minimum atomic E-state index is -0.00489. The van der Waals surface area contributed by atoms with Gasteiger partial charge in [0.2, 0.25) is 0 Å². The SMILES string of the molecule is C[C@@H]1CN([C@@H](C)CNC(=O)c2cccc(I)c2)C[C@H](C)O1. The van der Waals surface area contributed by atoms with Gasteiger partial charge >= 0.3 is 0 Å². The van der Waals surface area contributed by atoms with Crippen molar-refractivity contribution in [3.63, 3.8) is 0 Å². The van der Waals surface area contributed by atoms with Crippen LogP contribution < -0.4 is 5.32 Å². The van der Waals surface area contributed by atoms with Crippen LogP contribution in [0.5, 0.6) is 0 Å². The molecule has 1 aromatic carbocycles. The molecular weight excluding hydrogens is 379 g/mol. The van der Waals surface area contributed by atoms with Crippen molar-refractivity contribution in [2.45, 2.75) is 39.0 Å². The highest BCUT2D eigenvalue weighted by atomic mass is 127. The van der Waals surface area contributed by atoms with E-state index in [1.165, 1.54) is 0 Å². The van der Waals surface area contributed by atoms with Crippen LogP contribution in [-0.2, 0) is 4.74 Å². The highest BCUT2D eigenvalue weighted by molar-refractivity contribution is 14.1. The molecule has 1 fully saturated rings. The molecular formula is C16H23IN2O2. The van der Waals surface area contributed by atoms with E-state index in [1.807, 2.05) is 24.3 Å². The molecule has 0 bridgehead atoms. The summed E-state index contributed by atoms with van der Waals surface area (Å²) in [6.07, 6.45) is 0.505. The molecule has 0 aromatic heterocycles. The van der Waals surface area contributed by atoms with Gasteiger partial charge in [-0.1, -0.05) is 6.07 Å². The van der Waals surface area contributed by atoms with Gasteiger partial charge in [0.1, 0.15) is 0 Å². The van der Waals surface area contributed by atoms with E-state index >= 15 is 0 Å². The third kappa shape index (κ3) is 4.93. The number of nitrogens with zero attached hydrogens (tertiary/aromatic N) is 1. The third-order valence-corrected chi connectivity index (χ3v) is 4.39. The number of benzene rings is 1. The van der Waals surface area contributed by atoms with E-state index in [1.54, 1.807) is 0 Å². The van der Waals surface area contributed by atoms with Crippen molar-refractivity contribution in [1.82, 2.24) is 10.2 Å². The Morgan fingerprint density at radius 1 is 1.43 bits per heavy atom. The minimum absolute atomic E-state index is 0.00489. The quantitative estimate of drug-likeness (QED) is 0.788. The van der Waals surface area contributed by atoms with Crippen LogP contribution >= 0.6 is 22.6 Å². The van der Waals surface area contributed by atoms with Crippen LogP contribution in [0.2, 0.25) is 0 Å². The summed E-state index contributed by atoms with van der Waals surface area (Å²) in [7, 11) is 0. The highest BCUT2D eigenvalue weighted by Gasteiger charge is 2.25. The van der Waals surface area contributed by atoms with Crippen LogP contribution in [0.3, 0.4) is 0 Å². The molecule has 0 spiro atoms. The molecule has 0 aliphatic carbocycles. The molecule has 1 aromatic rings. The third-order valence-electron chi connectivity index (χ3n) is 3.72. The molecule has 0 unspecified atom stereocenters. The molecule has 116 valence electrons. The summed E-state index contributed by atoms with van der Waals surface area (Å²) < 4.78 is 6.82. The van der Waals surface area contributed by atoms with Crippen molar-refractivity contribution in [3.05, 3.63) is 33.4 Å². The fourth-order valence-electron chi connectivity index (χ4n) is 2.68. The average molecular weight is 402 g/mol. The van der Waals surface area contributed by atoms with Crippen molar-refractivity contribution in [2.75, 3.05) is 19.6 Å². The topological polar surface area (TPSA) is 41.6 Å². The lowest BCUT2D eigenvalue weighted by Gasteiger charge is -2.39. The molecule has 2 rings (SSSR count). The fourth-order valence-corrected chi connectivity index (χ4v) is 3.22. The van der Waals surface area contributed by atoms with E-state index in [0.717, 1.165) is 22.2 Å². The monoisotopic (exact) mass is 402 g/mol. The predicted octanol–water partition coefficient (Wildman–Crippen LogP) is 2.52. The van der Waals surface area contributed by atoms with Crippen LogP contribution in [-0.4, -0.2) is 48.7 Å². The number of carbonyl (C=O) groups excluding carboxylic acids is 1. The zero-order valence-corrected chi connectivity index (χ0v) is 15.0. The summed E-state index contributed by atoms with van der Waals surface area (Å²) in [5, 5.41) is 3.03. The largest absolute Gasteiger partial charge is 0.373 e. The maximum atomic E-state index is 12.2. The molecule has 1 aliphatic rings. The van der Waals surface area contributed by atoms with Gasteiger partial charge in [0.05, 0.1) is 12.2 Å². The van der Waals surface area contributed by atoms with Crippen LogP contribution in [0.1, 0.15) is 31.1 Å². The molecule has 1 amide bonds. The number of ether oxygens (including phenoxy) is 1. The molecule has 3 atom stereocenters. The Morgan fingerprint density at radius 3 is 2.71 bits per heavy atom. The molecule has 1 heterocycles. The lowest BCUT2D eigenvalue weighted by atomic mass is 10.1. The molecule has 1 aliphatic heterocycles. The predicted molar refractivity (Wildman–Crippen MR) is 92.5 cm³/mol. The normalized spacial score (nSPS) is 24.6. The Labute approximate surface area is 140 Å². The maximum absolute atomic E-state index is 12.2. The van der Waals surface area contributed by atoms with E-state index in [0.29, 0.717) is 12.6 Å².